The molecule has 0 radical (unpaired) electrons. The van der Waals surface area contributed by atoms with Crippen LogP contribution in [0, 0.1) is 0 Å². The van der Waals surface area contributed by atoms with Crippen molar-refractivity contribution >= 4 is 34.7 Å². The van der Waals surface area contributed by atoms with E-state index in [1.165, 1.54) is 11.8 Å². The summed E-state index contributed by atoms with van der Waals surface area (Å²) in [6, 6.07) is 0. The molecule has 0 saturated heterocycles. The minimum Gasteiger partial charge on any atom is -0.391 e. The maximum absolute atomic E-state index is 9.08. The van der Waals surface area contributed by atoms with Gasteiger partial charge >= 0.3 is 0 Å². The monoisotopic (exact) mass is 209 g/mol. The van der Waals surface area contributed by atoms with Gasteiger partial charge in [0.2, 0.25) is 0 Å². The number of aliphatic hydroxyl groups is 1. The highest BCUT2D eigenvalue weighted by Crippen LogP contribution is 2.20. The molecule has 0 spiro atoms. The van der Waals surface area contributed by atoms with Gasteiger partial charge in [0.15, 0.2) is 0 Å². The molecule has 5 heteroatoms. The predicted octanol–water partition coefficient (Wildman–Crippen LogP) is 1.83. The molecule has 11 heavy (non-hydrogen) atoms. The molecule has 0 bridgehead atoms. The zero-order chi connectivity index (χ0) is 8.10. The second kappa shape index (κ2) is 4.98. The third-order valence-electron chi connectivity index (χ3n) is 0.987. The molecule has 2 nitrogen and oxygen atoms in total. The first-order valence-electron chi connectivity index (χ1n) is 3.09. The Bertz CT molecular complexity index is 192. The van der Waals surface area contributed by atoms with Crippen molar-refractivity contribution in [1.82, 2.24) is 4.98 Å². The van der Waals surface area contributed by atoms with Crippen LogP contribution in [-0.4, -0.2) is 27.8 Å². The Morgan fingerprint density at radius 1 is 1.82 bits per heavy atom. The first kappa shape index (κ1) is 9.32. The number of alkyl halides is 1. The topological polar surface area (TPSA) is 33.1 Å². The summed E-state index contributed by atoms with van der Waals surface area (Å²) < 4.78 is 0.981. The van der Waals surface area contributed by atoms with Gasteiger partial charge in [0.05, 0.1) is 6.10 Å². The van der Waals surface area contributed by atoms with Crippen molar-refractivity contribution in [2.24, 2.45) is 0 Å². The van der Waals surface area contributed by atoms with Gasteiger partial charge in [-0.15, -0.1) is 22.9 Å². The van der Waals surface area contributed by atoms with E-state index in [1.807, 2.05) is 5.38 Å². The van der Waals surface area contributed by atoms with Crippen LogP contribution in [0.1, 0.15) is 0 Å². The zero-order valence-corrected chi connectivity index (χ0v) is 8.12. The molecule has 1 atom stereocenters. The molecule has 1 aromatic rings. The SMILES string of the molecule is OC(CCl)CSc1nccs1. The number of thiazole rings is 1. The van der Waals surface area contributed by atoms with E-state index in [1.54, 1.807) is 17.5 Å². The molecule has 1 N–H and O–H groups in total. The van der Waals surface area contributed by atoms with E-state index in [9.17, 15) is 0 Å². The lowest BCUT2D eigenvalue weighted by Crippen LogP contribution is -2.10. The number of thioether (sulfide) groups is 1. The Morgan fingerprint density at radius 3 is 3.18 bits per heavy atom. The van der Waals surface area contributed by atoms with Gasteiger partial charge in [0.25, 0.3) is 0 Å². The highest BCUT2D eigenvalue weighted by molar-refractivity contribution is 8.01. The summed E-state index contributed by atoms with van der Waals surface area (Å²) in [7, 11) is 0. The largest absolute Gasteiger partial charge is 0.391 e. The molecular weight excluding hydrogens is 202 g/mol. The molecule has 1 rings (SSSR count). The number of nitrogens with zero attached hydrogens (tertiary/aromatic N) is 1. The third kappa shape index (κ3) is 3.42. The highest BCUT2D eigenvalue weighted by Gasteiger charge is 2.03. The maximum Gasteiger partial charge on any atom is 0.149 e. The number of rotatable bonds is 4. The molecule has 0 aliphatic rings. The third-order valence-corrected chi connectivity index (χ3v) is 3.45. The molecular formula is C6H8ClNOS2. The van der Waals surface area contributed by atoms with E-state index in [4.69, 9.17) is 16.7 Å². The van der Waals surface area contributed by atoms with Crippen LogP contribution in [0.2, 0.25) is 0 Å². The average molecular weight is 210 g/mol. The van der Waals surface area contributed by atoms with Crippen molar-refractivity contribution in [3.63, 3.8) is 0 Å². The van der Waals surface area contributed by atoms with Crippen molar-refractivity contribution in [3.8, 4) is 0 Å². The van der Waals surface area contributed by atoms with Crippen LogP contribution in [0.3, 0.4) is 0 Å². The summed E-state index contributed by atoms with van der Waals surface area (Å²) in [6.07, 6.45) is 1.32. The maximum atomic E-state index is 9.08. The van der Waals surface area contributed by atoms with Crippen LogP contribution in [-0.2, 0) is 0 Å². The summed E-state index contributed by atoms with van der Waals surface area (Å²) in [5.41, 5.74) is 0. The Morgan fingerprint density at radius 2 is 2.64 bits per heavy atom. The Labute approximate surface area is 78.6 Å². The van der Waals surface area contributed by atoms with E-state index in [-0.39, 0.29) is 0 Å². The second-order valence-electron chi connectivity index (χ2n) is 1.92. The van der Waals surface area contributed by atoms with Crippen molar-refractivity contribution in [1.29, 1.82) is 0 Å². The molecule has 0 aromatic carbocycles. The lowest BCUT2D eigenvalue weighted by molar-refractivity contribution is 0.223. The summed E-state index contributed by atoms with van der Waals surface area (Å²) in [4.78, 5) is 4.05. The van der Waals surface area contributed by atoms with Crippen LogP contribution in [0.4, 0.5) is 0 Å². The van der Waals surface area contributed by atoms with Gasteiger partial charge in [-0.2, -0.15) is 0 Å². The molecule has 0 amide bonds. The summed E-state index contributed by atoms with van der Waals surface area (Å²) in [5.74, 6) is 0.912. The van der Waals surface area contributed by atoms with Gasteiger partial charge in [-0.3, -0.25) is 0 Å². The zero-order valence-electron chi connectivity index (χ0n) is 5.74. The van der Waals surface area contributed by atoms with Crippen molar-refractivity contribution in [3.05, 3.63) is 11.6 Å². The number of hydrogen-bond acceptors (Lipinski definition) is 4. The van der Waals surface area contributed by atoms with Gasteiger partial charge < -0.3 is 5.11 Å². The van der Waals surface area contributed by atoms with Gasteiger partial charge in [-0.1, -0.05) is 11.8 Å². The van der Waals surface area contributed by atoms with E-state index in [0.29, 0.717) is 11.6 Å². The Balaban J connectivity index is 2.23. The van der Waals surface area contributed by atoms with Crippen molar-refractivity contribution in [2.75, 3.05) is 11.6 Å². The van der Waals surface area contributed by atoms with Gasteiger partial charge in [0, 0.05) is 23.2 Å². The fourth-order valence-electron chi connectivity index (χ4n) is 0.494. The highest BCUT2D eigenvalue weighted by atomic mass is 35.5. The summed E-state index contributed by atoms with van der Waals surface area (Å²) in [6.45, 7) is 0. The predicted molar refractivity (Wildman–Crippen MR) is 49.6 cm³/mol. The quantitative estimate of drug-likeness (QED) is 0.607. The lowest BCUT2D eigenvalue weighted by atomic mass is 10.5. The van der Waals surface area contributed by atoms with Gasteiger partial charge in [0.1, 0.15) is 4.34 Å². The molecule has 0 fully saturated rings. The van der Waals surface area contributed by atoms with Crippen molar-refractivity contribution < 1.29 is 5.11 Å². The van der Waals surface area contributed by atoms with Crippen LogP contribution in [0.5, 0.6) is 0 Å². The summed E-state index contributed by atoms with van der Waals surface area (Å²) in [5, 5.41) is 11.0. The second-order valence-corrected chi connectivity index (χ2v) is 4.39. The standard InChI is InChI=1S/C6H8ClNOS2/c7-3-5(9)4-11-6-8-1-2-10-6/h1-2,5,9H,3-4H2. The fraction of sp³-hybridized carbons (Fsp3) is 0.500. The molecule has 0 aliphatic heterocycles. The Hall–Kier alpha value is 0.230. The molecule has 62 valence electrons. The minimum absolute atomic E-state index is 0.290. The molecule has 1 unspecified atom stereocenters. The van der Waals surface area contributed by atoms with Crippen LogP contribution in [0.15, 0.2) is 15.9 Å². The molecule has 0 saturated carbocycles. The summed E-state index contributed by atoms with van der Waals surface area (Å²) >= 11 is 8.52. The number of halogens is 1. The normalized spacial score (nSPS) is 13.3. The van der Waals surface area contributed by atoms with E-state index in [0.717, 1.165) is 4.34 Å². The minimum atomic E-state index is -0.425. The van der Waals surface area contributed by atoms with E-state index >= 15 is 0 Å². The first-order chi connectivity index (χ1) is 5.33. The van der Waals surface area contributed by atoms with Crippen LogP contribution >= 0.6 is 34.7 Å². The molecule has 1 aromatic heterocycles. The van der Waals surface area contributed by atoms with E-state index < -0.39 is 6.10 Å². The molecule has 0 aliphatic carbocycles. The smallest absolute Gasteiger partial charge is 0.149 e. The van der Waals surface area contributed by atoms with Crippen molar-refractivity contribution in [2.45, 2.75) is 10.4 Å². The van der Waals surface area contributed by atoms with Gasteiger partial charge in [-0.05, 0) is 0 Å². The van der Waals surface area contributed by atoms with Gasteiger partial charge in [-0.25, -0.2) is 4.98 Å². The van der Waals surface area contributed by atoms with Crippen LogP contribution < -0.4 is 0 Å². The number of hydrogen-bond donors (Lipinski definition) is 1. The molecule has 1 heterocycles. The first-order valence-corrected chi connectivity index (χ1v) is 5.49. The Kier molecular flexibility index (Phi) is 4.22. The average Bonchev–Trinajstić information content (AvgIpc) is 2.52. The van der Waals surface area contributed by atoms with E-state index in [2.05, 4.69) is 4.98 Å². The lowest BCUT2D eigenvalue weighted by Gasteiger charge is -2.02. The van der Waals surface area contributed by atoms with Crippen LogP contribution in [0.25, 0.3) is 0 Å². The number of aromatic nitrogens is 1. The fourth-order valence-corrected chi connectivity index (χ4v) is 2.32. The number of aliphatic hydroxyl groups excluding tert-OH is 1.